The molecule has 4 rings (SSSR count). The predicted molar refractivity (Wildman–Crippen MR) is 86.2 cm³/mol. The SMILES string of the molecule is Fc1cc2c(cc1CCc1cn(-c3ccccc3)nn1)OCCO2. The molecule has 2 heterocycles. The Bertz CT molecular complexity index is 849. The Morgan fingerprint density at radius 3 is 2.54 bits per heavy atom. The van der Waals surface area contributed by atoms with Gasteiger partial charge in [-0.15, -0.1) is 5.10 Å². The first kappa shape index (κ1) is 14.7. The van der Waals surface area contributed by atoms with Crippen LogP contribution in [-0.4, -0.2) is 28.2 Å². The lowest BCUT2D eigenvalue weighted by atomic mass is 10.1. The number of aryl methyl sites for hydroxylation is 2. The first-order valence-electron chi connectivity index (χ1n) is 7.84. The molecule has 1 aromatic heterocycles. The third-order valence-corrected chi connectivity index (χ3v) is 3.92. The molecule has 0 radical (unpaired) electrons. The van der Waals surface area contributed by atoms with Crippen molar-refractivity contribution < 1.29 is 13.9 Å². The molecule has 6 heteroatoms. The standard InChI is InChI=1S/C18H16FN3O2/c19-16-11-18-17(23-8-9-24-18)10-13(16)6-7-14-12-22(21-20-14)15-4-2-1-3-5-15/h1-5,10-12H,6-9H2. The van der Waals surface area contributed by atoms with Gasteiger partial charge in [0.2, 0.25) is 0 Å². The van der Waals surface area contributed by atoms with Crippen molar-refractivity contribution in [2.24, 2.45) is 0 Å². The summed E-state index contributed by atoms with van der Waals surface area (Å²) in [5.74, 6) is 0.790. The Hall–Kier alpha value is -2.89. The summed E-state index contributed by atoms with van der Waals surface area (Å²) in [7, 11) is 0. The maximum atomic E-state index is 14.2. The van der Waals surface area contributed by atoms with Crippen molar-refractivity contribution in [2.45, 2.75) is 12.8 Å². The van der Waals surface area contributed by atoms with Crippen molar-refractivity contribution >= 4 is 0 Å². The molecule has 1 aliphatic heterocycles. The summed E-state index contributed by atoms with van der Waals surface area (Å²) in [6.07, 6.45) is 2.99. The third-order valence-electron chi connectivity index (χ3n) is 3.92. The second-order valence-corrected chi connectivity index (χ2v) is 5.58. The molecule has 24 heavy (non-hydrogen) atoms. The molecule has 3 aromatic rings. The fraction of sp³-hybridized carbons (Fsp3) is 0.222. The molecule has 0 fully saturated rings. The second-order valence-electron chi connectivity index (χ2n) is 5.58. The molecule has 0 bridgehead atoms. The number of para-hydroxylation sites is 1. The summed E-state index contributed by atoms with van der Waals surface area (Å²) in [6, 6.07) is 12.9. The van der Waals surface area contributed by atoms with Crippen molar-refractivity contribution in [3.8, 4) is 17.2 Å². The van der Waals surface area contributed by atoms with Crippen LogP contribution in [0, 0.1) is 5.82 Å². The average Bonchev–Trinajstić information content (AvgIpc) is 3.10. The zero-order chi connectivity index (χ0) is 16.4. The van der Waals surface area contributed by atoms with Crippen molar-refractivity contribution in [3.63, 3.8) is 0 Å². The Labute approximate surface area is 138 Å². The highest BCUT2D eigenvalue weighted by molar-refractivity contribution is 5.44. The maximum absolute atomic E-state index is 14.2. The van der Waals surface area contributed by atoms with Crippen molar-refractivity contribution in [2.75, 3.05) is 13.2 Å². The molecule has 122 valence electrons. The summed E-state index contributed by atoms with van der Waals surface area (Å²) in [5, 5.41) is 8.28. The van der Waals surface area contributed by atoms with E-state index < -0.39 is 0 Å². The van der Waals surface area contributed by atoms with Gasteiger partial charge in [0.05, 0.1) is 17.6 Å². The van der Waals surface area contributed by atoms with Crippen LogP contribution in [-0.2, 0) is 12.8 Å². The second kappa shape index (κ2) is 6.31. The number of benzene rings is 2. The molecule has 5 nitrogen and oxygen atoms in total. The number of nitrogens with zero attached hydrogens (tertiary/aromatic N) is 3. The highest BCUT2D eigenvalue weighted by Gasteiger charge is 2.16. The maximum Gasteiger partial charge on any atom is 0.164 e. The first-order chi connectivity index (χ1) is 11.8. The van der Waals surface area contributed by atoms with Gasteiger partial charge in [0, 0.05) is 6.07 Å². The summed E-state index contributed by atoms with van der Waals surface area (Å²) >= 11 is 0. The number of halogens is 1. The monoisotopic (exact) mass is 325 g/mol. The van der Waals surface area contributed by atoms with E-state index in [1.165, 1.54) is 6.07 Å². The van der Waals surface area contributed by atoms with Gasteiger partial charge < -0.3 is 9.47 Å². The van der Waals surface area contributed by atoms with E-state index in [1.807, 2.05) is 36.5 Å². The Kier molecular flexibility index (Phi) is 3.86. The van der Waals surface area contributed by atoms with Gasteiger partial charge in [0.25, 0.3) is 0 Å². The van der Waals surface area contributed by atoms with Gasteiger partial charge in [-0.25, -0.2) is 9.07 Å². The van der Waals surface area contributed by atoms with Crippen LogP contribution in [0.15, 0.2) is 48.7 Å². The fourth-order valence-electron chi connectivity index (χ4n) is 2.68. The van der Waals surface area contributed by atoms with Crippen LogP contribution >= 0.6 is 0 Å². The van der Waals surface area contributed by atoms with Crippen LogP contribution < -0.4 is 9.47 Å². The minimum absolute atomic E-state index is 0.283. The van der Waals surface area contributed by atoms with Crippen LogP contribution in [0.1, 0.15) is 11.3 Å². The van der Waals surface area contributed by atoms with Gasteiger partial charge in [0.1, 0.15) is 19.0 Å². The molecule has 0 unspecified atom stereocenters. The minimum Gasteiger partial charge on any atom is -0.486 e. The van der Waals surface area contributed by atoms with Crippen LogP contribution in [0.3, 0.4) is 0 Å². The van der Waals surface area contributed by atoms with E-state index in [2.05, 4.69) is 10.3 Å². The Morgan fingerprint density at radius 2 is 1.75 bits per heavy atom. The summed E-state index contributed by atoms with van der Waals surface area (Å²) in [6.45, 7) is 0.942. The average molecular weight is 325 g/mol. The molecule has 0 saturated heterocycles. The Morgan fingerprint density at radius 1 is 1.00 bits per heavy atom. The lowest BCUT2D eigenvalue weighted by Crippen LogP contribution is -2.16. The van der Waals surface area contributed by atoms with E-state index >= 15 is 0 Å². The highest BCUT2D eigenvalue weighted by Crippen LogP contribution is 2.33. The van der Waals surface area contributed by atoms with Gasteiger partial charge in [0.15, 0.2) is 11.5 Å². The molecule has 0 atom stereocenters. The number of hydrogen-bond acceptors (Lipinski definition) is 4. The van der Waals surface area contributed by atoms with Crippen molar-refractivity contribution in [3.05, 3.63) is 65.7 Å². The van der Waals surface area contributed by atoms with Crippen molar-refractivity contribution in [1.82, 2.24) is 15.0 Å². The molecule has 0 N–H and O–H groups in total. The molecule has 2 aromatic carbocycles. The smallest absolute Gasteiger partial charge is 0.164 e. The van der Waals surface area contributed by atoms with E-state index in [0.29, 0.717) is 43.1 Å². The minimum atomic E-state index is -0.283. The summed E-state index contributed by atoms with van der Waals surface area (Å²) < 4.78 is 26.8. The van der Waals surface area contributed by atoms with Gasteiger partial charge >= 0.3 is 0 Å². The van der Waals surface area contributed by atoms with Crippen LogP contribution in [0.2, 0.25) is 0 Å². The quantitative estimate of drug-likeness (QED) is 0.740. The lowest BCUT2D eigenvalue weighted by molar-refractivity contribution is 0.170. The Balaban J connectivity index is 1.48. The normalized spacial score (nSPS) is 13.0. The van der Waals surface area contributed by atoms with Crippen molar-refractivity contribution in [1.29, 1.82) is 0 Å². The number of rotatable bonds is 4. The van der Waals surface area contributed by atoms with E-state index in [9.17, 15) is 4.39 Å². The lowest BCUT2D eigenvalue weighted by Gasteiger charge is -2.19. The van der Waals surface area contributed by atoms with E-state index in [1.54, 1.807) is 10.7 Å². The van der Waals surface area contributed by atoms with E-state index in [-0.39, 0.29) is 5.82 Å². The fourth-order valence-corrected chi connectivity index (χ4v) is 2.68. The van der Waals surface area contributed by atoms with Crippen LogP contribution in [0.4, 0.5) is 4.39 Å². The molecule has 0 saturated carbocycles. The topological polar surface area (TPSA) is 49.2 Å². The van der Waals surface area contributed by atoms with Gasteiger partial charge in [-0.1, -0.05) is 23.4 Å². The number of aromatic nitrogens is 3. The first-order valence-corrected chi connectivity index (χ1v) is 7.84. The summed E-state index contributed by atoms with van der Waals surface area (Å²) in [5.41, 5.74) is 2.35. The third kappa shape index (κ3) is 2.95. The zero-order valence-corrected chi connectivity index (χ0v) is 13.0. The molecular formula is C18H16FN3O2. The number of fused-ring (bicyclic) bond motifs is 1. The van der Waals surface area contributed by atoms with E-state index in [4.69, 9.17) is 9.47 Å². The van der Waals surface area contributed by atoms with Gasteiger partial charge in [-0.05, 0) is 36.6 Å². The summed E-state index contributed by atoms with van der Waals surface area (Å²) in [4.78, 5) is 0. The predicted octanol–water partition coefficient (Wildman–Crippen LogP) is 2.96. The van der Waals surface area contributed by atoms with Crippen LogP contribution in [0.25, 0.3) is 5.69 Å². The number of hydrogen-bond donors (Lipinski definition) is 0. The molecule has 0 spiro atoms. The molecular weight excluding hydrogens is 309 g/mol. The highest BCUT2D eigenvalue weighted by atomic mass is 19.1. The number of ether oxygens (including phenoxy) is 2. The largest absolute Gasteiger partial charge is 0.486 e. The zero-order valence-electron chi connectivity index (χ0n) is 13.0. The van der Waals surface area contributed by atoms with Crippen LogP contribution in [0.5, 0.6) is 11.5 Å². The van der Waals surface area contributed by atoms with E-state index in [0.717, 1.165) is 11.4 Å². The molecule has 1 aliphatic rings. The molecule has 0 amide bonds. The van der Waals surface area contributed by atoms with Gasteiger partial charge in [-0.3, -0.25) is 0 Å². The molecule has 0 aliphatic carbocycles. The van der Waals surface area contributed by atoms with Gasteiger partial charge in [-0.2, -0.15) is 0 Å².